The molecule has 0 bridgehead atoms. The van der Waals surface area contributed by atoms with Gasteiger partial charge in [0.1, 0.15) is 0 Å². The van der Waals surface area contributed by atoms with E-state index in [1.165, 1.54) is 0 Å². The van der Waals surface area contributed by atoms with Crippen molar-refractivity contribution in [1.29, 1.82) is 0 Å². The van der Waals surface area contributed by atoms with Gasteiger partial charge in [-0.05, 0) is 18.9 Å². The molecule has 0 spiro atoms. The lowest BCUT2D eigenvalue weighted by Gasteiger charge is -2.35. The minimum absolute atomic E-state index is 0.0826. The van der Waals surface area contributed by atoms with Crippen LogP contribution in [0.25, 0.3) is 0 Å². The summed E-state index contributed by atoms with van der Waals surface area (Å²) in [5.41, 5.74) is 1.55. The van der Waals surface area contributed by atoms with Crippen LogP contribution < -0.4 is 10.2 Å². The molecule has 7 heteroatoms. The zero-order valence-electron chi connectivity index (χ0n) is 12.4. The molecule has 1 N–H and O–H groups in total. The number of aromatic nitrogens is 3. The highest BCUT2D eigenvalue weighted by Crippen LogP contribution is 2.27. The summed E-state index contributed by atoms with van der Waals surface area (Å²) < 4.78 is 1.62. The lowest BCUT2D eigenvalue weighted by atomic mass is 10.0. The van der Waals surface area contributed by atoms with Crippen LogP contribution in [0.1, 0.15) is 23.2 Å². The zero-order valence-corrected chi connectivity index (χ0v) is 13.1. The minimum Gasteiger partial charge on any atom is -0.368 e. The number of halogens is 1. The van der Waals surface area contributed by atoms with Crippen molar-refractivity contribution in [1.82, 2.24) is 20.1 Å². The Morgan fingerprint density at radius 3 is 3.05 bits per heavy atom. The van der Waals surface area contributed by atoms with E-state index < -0.39 is 0 Å². The highest BCUT2D eigenvalue weighted by atomic mass is 35.5. The normalized spacial score (nSPS) is 18.3. The van der Waals surface area contributed by atoms with Crippen LogP contribution >= 0.6 is 11.6 Å². The molecule has 1 saturated heterocycles. The van der Waals surface area contributed by atoms with Crippen molar-refractivity contribution in [2.24, 2.45) is 7.05 Å². The third kappa shape index (κ3) is 3.22. The Balaban J connectivity index is 1.66. The van der Waals surface area contributed by atoms with Gasteiger partial charge in [-0.25, -0.2) is 0 Å². The number of hydrogen-bond donors (Lipinski definition) is 1. The molecule has 0 aliphatic carbocycles. The molecule has 1 unspecified atom stereocenters. The summed E-state index contributed by atoms with van der Waals surface area (Å²) >= 11 is 6.21. The van der Waals surface area contributed by atoms with Gasteiger partial charge in [-0.3, -0.25) is 14.5 Å². The second kappa shape index (κ2) is 6.36. The fraction of sp³-hybridized carbons (Fsp3) is 0.400. The van der Waals surface area contributed by atoms with Crippen molar-refractivity contribution in [3.63, 3.8) is 0 Å². The fourth-order valence-corrected chi connectivity index (χ4v) is 2.98. The monoisotopic (exact) mass is 319 g/mol. The Morgan fingerprint density at radius 1 is 1.45 bits per heavy atom. The summed E-state index contributed by atoms with van der Waals surface area (Å²) in [6.45, 7) is 1.68. The molecule has 1 atom stereocenters. The topological polar surface area (TPSA) is 63.1 Å². The summed E-state index contributed by atoms with van der Waals surface area (Å²) in [6.07, 6.45) is 8.65. The molecule has 0 aromatic carbocycles. The highest BCUT2D eigenvalue weighted by Gasteiger charge is 2.23. The average molecular weight is 320 g/mol. The van der Waals surface area contributed by atoms with Crippen LogP contribution in [-0.2, 0) is 7.05 Å². The van der Waals surface area contributed by atoms with E-state index in [-0.39, 0.29) is 11.9 Å². The number of rotatable bonds is 3. The van der Waals surface area contributed by atoms with Crippen molar-refractivity contribution in [2.45, 2.75) is 18.9 Å². The minimum atomic E-state index is -0.0826. The van der Waals surface area contributed by atoms with Crippen LogP contribution in [0.2, 0.25) is 5.02 Å². The predicted octanol–water partition coefficient (Wildman–Crippen LogP) is 1.87. The third-order valence-corrected chi connectivity index (χ3v) is 4.11. The molecule has 1 amide bonds. The van der Waals surface area contributed by atoms with Gasteiger partial charge < -0.3 is 10.2 Å². The van der Waals surface area contributed by atoms with E-state index >= 15 is 0 Å². The first-order valence-electron chi connectivity index (χ1n) is 7.27. The van der Waals surface area contributed by atoms with Crippen molar-refractivity contribution < 1.29 is 4.79 Å². The molecule has 1 aliphatic rings. The molecule has 1 aliphatic heterocycles. The molecular weight excluding hydrogens is 302 g/mol. The quantitative estimate of drug-likeness (QED) is 0.938. The van der Waals surface area contributed by atoms with Crippen molar-refractivity contribution in [3.8, 4) is 0 Å². The van der Waals surface area contributed by atoms with Gasteiger partial charge in [0.2, 0.25) is 0 Å². The number of pyridine rings is 1. The van der Waals surface area contributed by atoms with Crippen LogP contribution in [-0.4, -0.2) is 39.8 Å². The predicted molar refractivity (Wildman–Crippen MR) is 85.2 cm³/mol. The smallest absolute Gasteiger partial charge is 0.254 e. The largest absolute Gasteiger partial charge is 0.368 e. The third-order valence-electron chi connectivity index (χ3n) is 3.82. The van der Waals surface area contributed by atoms with Crippen LogP contribution in [0.5, 0.6) is 0 Å². The molecule has 2 aromatic rings. The maximum absolute atomic E-state index is 12.2. The van der Waals surface area contributed by atoms with Crippen LogP contribution in [0, 0.1) is 0 Å². The fourth-order valence-electron chi connectivity index (χ4n) is 2.75. The Hall–Kier alpha value is -2.08. The van der Waals surface area contributed by atoms with Gasteiger partial charge in [0.05, 0.1) is 22.5 Å². The number of aryl methyl sites for hydroxylation is 1. The van der Waals surface area contributed by atoms with Gasteiger partial charge in [-0.15, -0.1) is 0 Å². The summed E-state index contributed by atoms with van der Waals surface area (Å²) in [5.74, 6) is -0.0826. The standard InChI is InChI=1S/C15H18ClN5O/c1-20-9-11(7-18-20)15(22)19-12-3-2-6-21(10-12)14-4-5-17-8-13(14)16/h4-5,7-9,12H,2-3,6,10H2,1H3,(H,19,22). The lowest BCUT2D eigenvalue weighted by molar-refractivity contribution is 0.0933. The molecule has 1 fully saturated rings. The van der Waals surface area contributed by atoms with E-state index in [2.05, 4.69) is 20.3 Å². The van der Waals surface area contributed by atoms with E-state index in [0.29, 0.717) is 10.6 Å². The van der Waals surface area contributed by atoms with Gasteiger partial charge in [-0.1, -0.05) is 11.6 Å². The van der Waals surface area contributed by atoms with E-state index in [9.17, 15) is 4.79 Å². The SMILES string of the molecule is Cn1cc(C(=O)NC2CCCN(c3ccncc3Cl)C2)cn1. The number of carbonyl (C=O) groups is 1. The molecule has 22 heavy (non-hydrogen) atoms. The van der Waals surface area contributed by atoms with Crippen LogP contribution in [0.3, 0.4) is 0 Å². The van der Waals surface area contributed by atoms with E-state index in [0.717, 1.165) is 31.6 Å². The van der Waals surface area contributed by atoms with Gasteiger partial charge in [0.25, 0.3) is 5.91 Å². The van der Waals surface area contributed by atoms with Crippen LogP contribution in [0.4, 0.5) is 5.69 Å². The van der Waals surface area contributed by atoms with Gasteiger partial charge >= 0.3 is 0 Å². The maximum atomic E-state index is 12.2. The zero-order chi connectivity index (χ0) is 15.5. The Labute approximate surface area is 134 Å². The number of carbonyl (C=O) groups excluding carboxylic acids is 1. The molecule has 3 heterocycles. The summed E-state index contributed by atoms with van der Waals surface area (Å²) in [5, 5.41) is 7.74. The Kier molecular flexibility index (Phi) is 4.29. The summed E-state index contributed by atoms with van der Waals surface area (Å²) in [7, 11) is 1.80. The molecule has 0 radical (unpaired) electrons. The molecule has 0 saturated carbocycles. The van der Waals surface area contributed by atoms with Crippen LogP contribution in [0.15, 0.2) is 30.9 Å². The second-order valence-corrected chi connectivity index (χ2v) is 5.90. The first kappa shape index (κ1) is 14.8. The van der Waals surface area contributed by atoms with Gasteiger partial charge in [-0.2, -0.15) is 5.10 Å². The highest BCUT2D eigenvalue weighted by molar-refractivity contribution is 6.33. The number of piperidine rings is 1. The Morgan fingerprint density at radius 2 is 2.32 bits per heavy atom. The van der Waals surface area contributed by atoms with E-state index in [4.69, 9.17) is 11.6 Å². The van der Waals surface area contributed by atoms with Crippen molar-refractivity contribution >= 4 is 23.2 Å². The molecule has 6 nitrogen and oxygen atoms in total. The number of anilines is 1. The first-order chi connectivity index (χ1) is 10.6. The number of hydrogen-bond acceptors (Lipinski definition) is 4. The maximum Gasteiger partial charge on any atom is 0.254 e. The number of nitrogens with one attached hydrogen (secondary N) is 1. The number of amides is 1. The van der Waals surface area contributed by atoms with E-state index in [1.54, 1.807) is 36.5 Å². The van der Waals surface area contributed by atoms with Gasteiger partial charge in [0, 0.05) is 44.8 Å². The molecular formula is C15H18ClN5O. The Bertz CT molecular complexity index is 671. The number of nitrogens with zero attached hydrogens (tertiary/aromatic N) is 4. The van der Waals surface area contributed by atoms with Crippen molar-refractivity contribution in [2.75, 3.05) is 18.0 Å². The first-order valence-corrected chi connectivity index (χ1v) is 7.65. The summed E-state index contributed by atoms with van der Waals surface area (Å²) in [4.78, 5) is 18.4. The van der Waals surface area contributed by atoms with E-state index in [1.807, 2.05) is 6.07 Å². The molecule has 2 aromatic heterocycles. The average Bonchev–Trinajstić information content (AvgIpc) is 2.95. The molecule has 3 rings (SSSR count). The molecule has 116 valence electrons. The van der Waals surface area contributed by atoms with Crippen molar-refractivity contribution in [3.05, 3.63) is 41.4 Å². The lowest BCUT2D eigenvalue weighted by Crippen LogP contribution is -2.47. The second-order valence-electron chi connectivity index (χ2n) is 5.49. The summed E-state index contributed by atoms with van der Waals surface area (Å²) in [6, 6.07) is 2.01. The van der Waals surface area contributed by atoms with Gasteiger partial charge in [0.15, 0.2) is 0 Å².